The molecule has 2 nitrogen and oxygen atoms in total. The number of aromatic hydroxyl groups is 1. The maximum atomic E-state index is 9.53. The Morgan fingerprint density at radius 1 is 1.50 bits per heavy atom. The monoisotopic (exact) mass is 272 g/mol. The Morgan fingerprint density at radius 2 is 2.29 bits per heavy atom. The minimum atomic E-state index is 0.318. The average molecular weight is 273 g/mol. The van der Waals surface area contributed by atoms with Crippen LogP contribution in [0.4, 0.5) is 0 Å². The van der Waals surface area contributed by atoms with E-state index in [0.29, 0.717) is 12.4 Å². The van der Waals surface area contributed by atoms with Crippen LogP contribution in [0.15, 0.2) is 22.0 Å². The summed E-state index contributed by atoms with van der Waals surface area (Å²) in [6.07, 6.45) is 0. The molecule has 2 rings (SSSR count). The molecule has 0 aliphatic rings. The van der Waals surface area contributed by atoms with E-state index in [2.05, 4.69) is 15.9 Å². The maximum Gasteiger partial charge on any atom is 0.151 e. The Balaban J connectivity index is 2.70. The van der Waals surface area contributed by atoms with Crippen LogP contribution in [0.5, 0.6) is 11.5 Å². The third kappa shape index (κ3) is 1.48. The Labute approximate surface area is 94.3 Å². The van der Waals surface area contributed by atoms with E-state index in [4.69, 9.17) is 4.74 Å². The van der Waals surface area contributed by atoms with Crippen LogP contribution in [-0.2, 0) is 0 Å². The molecule has 14 heavy (non-hydrogen) atoms. The molecule has 1 aromatic carbocycles. The van der Waals surface area contributed by atoms with Gasteiger partial charge in [0.2, 0.25) is 0 Å². The lowest BCUT2D eigenvalue weighted by atomic mass is 10.2. The third-order valence-corrected chi connectivity index (χ3v) is 3.52. The molecule has 0 bridgehead atoms. The molecule has 0 unspecified atom stereocenters. The molecular weight excluding hydrogens is 264 g/mol. The summed E-state index contributed by atoms with van der Waals surface area (Å²) in [5.74, 6) is 1.13. The Kier molecular flexibility index (Phi) is 2.65. The fraction of sp³-hybridized carbons (Fsp3) is 0.200. The maximum absolute atomic E-state index is 9.53. The van der Waals surface area contributed by atoms with Crippen molar-refractivity contribution in [2.75, 3.05) is 6.61 Å². The SMILES string of the molecule is CCOc1c(Br)ccc2c(O)csc12. The first-order chi connectivity index (χ1) is 6.74. The number of halogens is 1. The first-order valence-corrected chi connectivity index (χ1v) is 5.92. The smallest absolute Gasteiger partial charge is 0.151 e. The molecule has 0 atom stereocenters. The number of benzene rings is 1. The van der Waals surface area contributed by atoms with Gasteiger partial charge in [0, 0.05) is 10.8 Å². The molecule has 2 aromatic rings. The molecule has 0 radical (unpaired) electrons. The first kappa shape index (κ1) is 9.80. The number of ether oxygens (including phenoxy) is 1. The van der Waals surface area contributed by atoms with E-state index in [1.807, 2.05) is 19.1 Å². The number of fused-ring (bicyclic) bond motifs is 1. The van der Waals surface area contributed by atoms with Crippen molar-refractivity contribution in [3.63, 3.8) is 0 Å². The van der Waals surface area contributed by atoms with E-state index in [-0.39, 0.29) is 0 Å². The van der Waals surface area contributed by atoms with Gasteiger partial charge in [-0.05, 0) is 35.0 Å². The lowest BCUT2D eigenvalue weighted by Crippen LogP contribution is -1.92. The lowest BCUT2D eigenvalue weighted by Gasteiger charge is -2.06. The zero-order valence-corrected chi connectivity index (χ0v) is 9.98. The molecule has 1 N–H and O–H groups in total. The van der Waals surface area contributed by atoms with Crippen molar-refractivity contribution < 1.29 is 9.84 Å². The van der Waals surface area contributed by atoms with Crippen LogP contribution < -0.4 is 4.74 Å². The highest BCUT2D eigenvalue weighted by atomic mass is 79.9. The highest BCUT2D eigenvalue weighted by Crippen LogP contribution is 2.41. The van der Waals surface area contributed by atoms with Crippen molar-refractivity contribution in [3.05, 3.63) is 22.0 Å². The second kappa shape index (κ2) is 3.79. The number of rotatable bonds is 2. The summed E-state index contributed by atoms with van der Waals surface area (Å²) in [5.41, 5.74) is 0. The average Bonchev–Trinajstić information content (AvgIpc) is 2.53. The fourth-order valence-corrected chi connectivity index (χ4v) is 2.82. The number of hydrogen-bond donors (Lipinski definition) is 1. The third-order valence-electron chi connectivity index (χ3n) is 1.92. The van der Waals surface area contributed by atoms with Crippen LogP contribution in [0.2, 0.25) is 0 Å². The van der Waals surface area contributed by atoms with Crippen molar-refractivity contribution in [1.29, 1.82) is 0 Å². The first-order valence-electron chi connectivity index (χ1n) is 4.25. The Morgan fingerprint density at radius 3 is 3.00 bits per heavy atom. The van der Waals surface area contributed by atoms with Crippen LogP contribution in [0.3, 0.4) is 0 Å². The molecule has 0 aliphatic heterocycles. The summed E-state index contributed by atoms with van der Waals surface area (Å²) >= 11 is 4.92. The molecule has 0 saturated carbocycles. The molecule has 1 aromatic heterocycles. The standard InChI is InChI=1S/C10H9BrO2S/c1-2-13-9-7(11)4-3-6-8(12)5-14-10(6)9/h3-5,12H,2H2,1H3. The molecular formula is C10H9BrO2S. The summed E-state index contributed by atoms with van der Waals surface area (Å²) in [7, 11) is 0. The molecule has 4 heteroatoms. The van der Waals surface area contributed by atoms with Gasteiger partial charge in [0.25, 0.3) is 0 Å². The van der Waals surface area contributed by atoms with Crippen LogP contribution in [0.1, 0.15) is 6.92 Å². The Bertz CT molecular complexity index is 464. The minimum absolute atomic E-state index is 0.318. The second-order valence-electron chi connectivity index (χ2n) is 2.81. The number of hydrogen-bond acceptors (Lipinski definition) is 3. The highest BCUT2D eigenvalue weighted by Gasteiger charge is 2.11. The van der Waals surface area contributed by atoms with Crippen LogP contribution >= 0.6 is 27.3 Å². The summed E-state index contributed by atoms with van der Waals surface area (Å²) in [5, 5.41) is 12.1. The van der Waals surface area contributed by atoms with E-state index in [9.17, 15) is 5.11 Å². The van der Waals surface area contributed by atoms with E-state index >= 15 is 0 Å². The highest BCUT2D eigenvalue weighted by molar-refractivity contribution is 9.10. The number of thiophene rings is 1. The normalized spacial score (nSPS) is 10.7. The molecule has 0 aliphatic carbocycles. The van der Waals surface area contributed by atoms with Crippen molar-refractivity contribution in [1.82, 2.24) is 0 Å². The van der Waals surface area contributed by atoms with Crippen LogP contribution in [0, 0.1) is 0 Å². The lowest BCUT2D eigenvalue weighted by molar-refractivity contribution is 0.343. The van der Waals surface area contributed by atoms with Crippen molar-refractivity contribution in [3.8, 4) is 11.5 Å². The van der Waals surface area contributed by atoms with Crippen LogP contribution in [0.25, 0.3) is 10.1 Å². The molecule has 0 fully saturated rings. The van der Waals surface area contributed by atoms with Gasteiger partial charge in [-0.3, -0.25) is 0 Å². The van der Waals surface area contributed by atoms with Crippen LogP contribution in [-0.4, -0.2) is 11.7 Å². The second-order valence-corrected chi connectivity index (χ2v) is 4.54. The van der Waals surface area contributed by atoms with Gasteiger partial charge in [0.15, 0.2) is 5.75 Å². The van der Waals surface area contributed by atoms with Gasteiger partial charge in [0.1, 0.15) is 5.75 Å². The molecule has 0 amide bonds. The largest absolute Gasteiger partial charge is 0.506 e. The van der Waals surface area contributed by atoms with Gasteiger partial charge < -0.3 is 9.84 Å². The summed E-state index contributed by atoms with van der Waals surface area (Å²) in [6.45, 7) is 2.56. The van der Waals surface area contributed by atoms with Gasteiger partial charge in [-0.15, -0.1) is 11.3 Å². The predicted octanol–water partition coefficient (Wildman–Crippen LogP) is 3.77. The topological polar surface area (TPSA) is 29.5 Å². The zero-order valence-electron chi connectivity index (χ0n) is 7.58. The van der Waals surface area contributed by atoms with Gasteiger partial charge in [-0.1, -0.05) is 0 Å². The summed E-state index contributed by atoms with van der Waals surface area (Å²) in [6, 6.07) is 3.77. The molecule has 0 saturated heterocycles. The fourth-order valence-electron chi connectivity index (χ4n) is 1.31. The Hall–Kier alpha value is -0.740. The summed E-state index contributed by atoms with van der Waals surface area (Å²) < 4.78 is 7.43. The van der Waals surface area contributed by atoms with E-state index in [1.165, 1.54) is 11.3 Å². The molecule has 1 heterocycles. The zero-order chi connectivity index (χ0) is 10.1. The summed E-state index contributed by atoms with van der Waals surface area (Å²) in [4.78, 5) is 0. The molecule has 74 valence electrons. The van der Waals surface area contributed by atoms with Crippen molar-refractivity contribution in [2.24, 2.45) is 0 Å². The van der Waals surface area contributed by atoms with Crippen molar-refractivity contribution >= 4 is 37.4 Å². The van der Waals surface area contributed by atoms with Crippen molar-refractivity contribution in [2.45, 2.75) is 6.92 Å². The van der Waals surface area contributed by atoms with Gasteiger partial charge >= 0.3 is 0 Å². The van der Waals surface area contributed by atoms with Gasteiger partial charge in [-0.2, -0.15) is 0 Å². The van der Waals surface area contributed by atoms with E-state index in [1.54, 1.807) is 5.38 Å². The van der Waals surface area contributed by atoms with Gasteiger partial charge in [-0.25, -0.2) is 0 Å². The van der Waals surface area contributed by atoms with E-state index < -0.39 is 0 Å². The predicted molar refractivity (Wildman–Crippen MR) is 62.4 cm³/mol. The van der Waals surface area contributed by atoms with E-state index in [0.717, 1.165) is 20.3 Å². The molecule has 0 spiro atoms. The quantitative estimate of drug-likeness (QED) is 0.902. The minimum Gasteiger partial charge on any atom is -0.506 e. The van der Waals surface area contributed by atoms with Gasteiger partial charge in [0.05, 0.1) is 15.8 Å².